The topological polar surface area (TPSA) is 168 Å². The molecule has 4 bridgehead atoms. The zero-order chi connectivity index (χ0) is 38.0. The second-order valence-electron chi connectivity index (χ2n) is 14.4. The number of hydrogen-bond acceptors (Lipinski definition) is 11. The van der Waals surface area contributed by atoms with Gasteiger partial charge in [0.05, 0.1) is 25.3 Å². The highest BCUT2D eigenvalue weighted by Gasteiger charge is 2.61. The lowest BCUT2D eigenvalue weighted by molar-refractivity contribution is -0.162. The Balaban J connectivity index is 1.48. The monoisotopic (exact) mass is 746 g/mol. The summed E-state index contributed by atoms with van der Waals surface area (Å²) in [6.07, 6.45) is 2.61. The van der Waals surface area contributed by atoms with Gasteiger partial charge in [-0.1, -0.05) is 35.4 Å². The normalized spacial score (nSPS) is 32.2. The van der Waals surface area contributed by atoms with Crippen LogP contribution in [0.2, 0.25) is 5.02 Å². The van der Waals surface area contributed by atoms with Crippen LogP contribution < -0.4 is 20.3 Å². The number of piperidine rings is 1. The van der Waals surface area contributed by atoms with Crippen LogP contribution in [-0.4, -0.2) is 117 Å². The number of amides is 3. The zero-order valence-electron chi connectivity index (χ0n) is 30.9. The van der Waals surface area contributed by atoms with Crippen molar-refractivity contribution in [1.29, 1.82) is 0 Å². The Morgan fingerprint density at radius 2 is 1.90 bits per heavy atom. The number of alkyl carbamates (subject to hydrolysis) is 1. The summed E-state index contributed by atoms with van der Waals surface area (Å²) >= 11 is 6.75. The summed E-state index contributed by atoms with van der Waals surface area (Å²) in [5.41, 5.74) is -0.824. The van der Waals surface area contributed by atoms with E-state index in [-0.39, 0.29) is 36.1 Å². The number of hydrogen-bond donors (Lipinski definition) is 3. The van der Waals surface area contributed by atoms with Gasteiger partial charge in [0.15, 0.2) is 5.72 Å². The SMILES string of the molecule is COc1cc2cc(c1Cl)N(C)C(=O)C[C@H](OC(=O)[C@H](C)N(C)C(=O)C1CCNCC1)[C@]1(C)O[C@H]1C[C@@H]1C[C@@](O)(NC(=O)O1)[C@H](OC)/C=C/C=C(\C)C2. The van der Waals surface area contributed by atoms with Gasteiger partial charge >= 0.3 is 12.1 Å². The Labute approximate surface area is 309 Å². The summed E-state index contributed by atoms with van der Waals surface area (Å²) in [6, 6.07) is 2.65. The second kappa shape index (κ2) is 16.1. The highest BCUT2D eigenvalue weighted by atomic mass is 35.5. The molecule has 5 rings (SSSR count). The molecule has 0 aliphatic carbocycles. The molecule has 3 N–H and O–H groups in total. The van der Waals surface area contributed by atoms with Crippen LogP contribution in [0.1, 0.15) is 58.4 Å². The van der Waals surface area contributed by atoms with Crippen LogP contribution in [0, 0.1) is 5.92 Å². The lowest BCUT2D eigenvalue weighted by Gasteiger charge is -2.40. The Hall–Kier alpha value is -3.69. The smallest absolute Gasteiger partial charge is 0.409 e. The molecule has 3 amide bonds. The van der Waals surface area contributed by atoms with Gasteiger partial charge < -0.3 is 43.9 Å². The minimum Gasteiger partial charge on any atom is -0.495 e. The minimum absolute atomic E-state index is 0.0307. The molecule has 1 aromatic carbocycles. The maximum atomic E-state index is 14.1. The van der Waals surface area contributed by atoms with Gasteiger partial charge in [0.25, 0.3) is 0 Å². The lowest BCUT2D eigenvalue weighted by atomic mass is 9.90. The maximum Gasteiger partial charge on any atom is 0.409 e. The quantitative estimate of drug-likeness (QED) is 0.289. The third-order valence-corrected chi connectivity index (χ3v) is 11.1. The second-order valence-corrected chi connectivity index (χ2v) is 14.8. The van der Waals surface area contributed by atoms with E-state index in [2.05, 4.69) is 10.6 Å². The first kappa shape index (κ1) is 39.5. The van der Waals surface area contributed by atoms with E-state index >= 15 is 0 Å². The number of esters is 1. The van der Waals surface area contributed by atoms with E-state index in [1.54, 1.807) is 52.2 Å². The van der Waals surface area contributed by atoms with E-state index in [0.29, 0.717) is 30.7 Å². The molecule has 0 radical (unpaired) electrons. The Kier molecular flexibility index (Phi) is 12.3. The Morgan fingerprint density at radius 3 is 2.58 bits per heavy atom. The van der Waals surface area contributed by atoms with E-state index in [1.807, 2.05) is 13.0 Å². The number of aliphatic hydroxyl groups is 1. The van der Waals surface area contributed by atoms with E-state index in [4.69, 9.17) is 35.3 Å². The predicted molar refractivity (Wildman–Crippen MR) is 192 cm³/mol. The van der Waals surface area contributed by atoms with Gasteiger partial charge in [-0.05, 0) is 70.8 Å². The number of ether oxygens (including phenoxy) is 5. The van der Waals surface area contributed by atoms with E-state index in [1.165, 1.54) is 24.0 Å². The fourth-order valence-electron chi connectivity index (χ4n) is 7.20. The first-order chi connectivity index (χ1) is 24.6. The molecule has 0 spiro atoms. The van der Waals surface area contributed by atoms with Crippen LogP contribution in [0.25, 0.3) is 0 Å². The lowest BCUT2D eigenvalue weighted by Crippen LogP contribution is -2.62. The van der Waals surface area contributed by atoms with Crippen molar-refractivity contribution < 1.29 is 48.0 Å². The van der Waals surface area contributed by atoms with Crippen LogP contribution in [0.4, 0.5) is 10.5 Å². The first-order valence-corrected chi connectivity index (χ1v) is 18.0. The number of fused-ring (bicyclic) bond motifs is 5. The fourth-order valence-corrected chi connectivity index (χ4v) is 7.51. The zero-order valence-corrected chi connectivity index (χ0v) is 31.7. The largest absolute Gasteiger partial charge is 0.495 e. The molecule has 15 heteroatoms. The third-order valence-electron chi connectivity index (χ3n) is 10.7. The number of halogens is 1. The van der Waals surface area contributed by atoms with Crippen molar-refractivity contribution in [2.75, 3.05) is 46.3 Å². The Bertz CT molecular complexity index is 1600. The summed E-state index contributed by atoms with van der Waals surface area (Å²) in [6.45, 7) is 6.69. The molecule has 3 fully saturated rings. The molecule has 0 unspecified atom stereocenters. The summed E-state index contributed by atoms with van der Waals surface area (Å²) in [7, 11) is 6.09. The number of carbonyl (C=O) groups is 4. The van der Waals surface area contributed by atoms with Crippen molar-refractivity contribution in [1.82, 2.24) is 15.5 Å². The number of rotatable bonds is 6. The van der Waals surface area contributed by atoms with Crippen molar-refractivity contribution in [3.05, 3.63) is 46.5 Å². The number of anilines is 1. The third kappa shape index (κ3) is 8.57. The van der Waals surface area contributed by atoms with Gasteiger partial charge in [-0.3, -0.25) is 14.9 Å². The molecular weight excluding hydrogens is 696 g/mol. The molecule has 4 aliphatic rings. The summed E-state index contributed by atoms with van der Waals surface area (Å²) in [5, 5.41) is 17.6. The van der Waals surface area contributed by atoms with Gasteiger partial charge in [0.1, 0.15) is 40.7 Å². The van der Waals surface area contributed by atoms with Gasteiger partial charge in [-0.2, -0.15) is 0 Å². The number of nitrogens with zero attached hydrogens (tertiary/aromatic N) is 2. The number of nitrogens with one attached hydrogen (secondary N) is 2. The van der Waals surface area contributed by atoms with Crippen molar-refractivity contribution >= 4 is 41.2 Å². The van der Waals surface area contributed by atoms with Crippen LogP contribution in [0.5, 0.6) is 5.75 Å². The number of methoxy groups -OCH3 is 2. The summed E-state index contributed by atoms with van der Waals surface area (Å²) in [5.74, 6) is -1.09. The standard InChI is InChI=1S/C37H51ClN4O10/c1-21-9-8-10-28(49-7)37(47)20-25(50-35(46)40-37)18-30-36(3,52-30)29(51-34(45)22(2)41(4)33(44)24-11-13-39-14-12-24)19-31(43)42(5)26-16-23(15-21)17-27(48-6)32(26)38/h8-10,16-17,22,24-25,28-30,39,47H,11-15,18-20H2,1-7H3,(H,40,46)/b10-8+,21-9+/t22-,25+,28+,29-,30-,36-,37-/m0/s1. The fraction of sp³-hybridized carbons (Fsp3) is 0.622. The minimum atomic E-state index is -1.80. The van der Waals surface area contributed by atoms with E-state index in [9.17, 15) is 24.3 Å². The van der Waals surface area contributed by atoms with E-state index in [0.717, 1.165) is 24.2 Å². The molecule has 1 aromatic rings. The molecule has 3 saturated heterocycles. The van der Waals surface area contributed by atoms with Crippen molar-refractivity contribution in [3.8, 4) is 5.75 Å². The van der Waals surface area contributed by atoms with Gasteiger partial charge in [-0.15, -0.1) is 0 Å². The highest BCUT2D eigenvalue weighted by molar-refractivity contribution is 6.35. The van der Waals surface area contributed by atoms with Crippen molar-refractivity contribution in [2.45, 2.75) is 101 Å². The van der Waals surface area contributed by atoms with Crippen LogP contribution in [0.15, 0.2) is 35.9 Å². The van der Waals surface area contributed by atoms with Crippen LogP contribution in [0.3, 0.4) is 0 Å². The van der Waals surface area contributed by atoms with Gasteiger partial charge in [0, 0.05) is 40.0 Å². The molecule has 52 heavy (non-hydrogen) atoms. The molecule has 286 valence electrons. The molecule has 7 atom stereocenters. The first-order valence-electron chi connectivity index (χ1n) is 17.7. The highest BCUT2D eigenvalue weighted by Crippen LogP contribution is 2.47. The molecular formula is C37H51ClN4O10. The van der Waals surface area contributed by atoms with Gasteiger partial charge in [-0.25, -0.2) is 9.59 Å². The number of likely N-dealkylation sites (N-methyl/N-ethyl adjacent to an activating group) is 1. The predicted octanol–water partition coefficient (Wildman–Crippen LogP) is 3.27. The molecule has 4 aliphatic heterocycles. The average molecular weight is 747 g/mol. The summed E-state index contributed by atoms with van der Waals surface area (Å²) < 4.78 is 29.0. The van der Waals surface area contributed by atoms with Crippen molar-refractivity contribution in [3.63, 3.8) is 0 Å². The number of allylic oxidation sites excluding steroid dienone is 3. The molecule has 4 heterocycles. The molecule has 0 aromatic heterocycles. The van der Waals surface area contributed by atoms with Gasteiger partial charge in [0.2, 0.25) is 11.8 Å². The summed E-state index contributed by atoms with van der Waals surface area (Å²) in [4.78, 5) is 56.6. The number of benzene rings is 1. The van der Waals surface area contributed by atoms with Crippen LogP contribution >= 0.6 is 11.6 Å². The van der Waals surface area contributed by atoms with Crippen LogP contribution in [-0.2, 0) is 39.8 Å². The molecule has 0 saturated carbocycles. The molecule has 14 nitrogen and oxygen atoms in total. The average Bonchev–Trinajstić information content (AvgIpc) is 3.77. The number of carbonyl (C=O) groups excluding carboxylic acids is 4. The Morgan fingerprint density at radius 1 is 1.19 bits per heavy atom. The van der Waals surface area contributed by atoms with Crippen molar-refractivity contribution in [2.24, 2.45) is 5.92 Å². The van der Waals surface area contributed by atoms with E-state index < -0.39 is 59.8 Å². The maximum absolute atomic E-state index is 14.1. The number of epoxide rings is 1.